The first-order valence-electron chi connectivity index (χ1n) is 11.7. The number of benzene rings is 3. The minimum absolute atomic E-state index is 0.114. The van der Waals surface area contributed by atoms with Gasteiger partial charge in [0.2, 0.25) is 5.91 Å². The topological polar surface area (TPSA) is 63.1 Å². The van der Waals surface area contributed by atoms with Crippen LogP contribution in [0.1, 0.15) is 25.2 Å². The second-order valence-electron chi connectivity index (χ2n) is 8.18. The average Bonchev–Trinajstić information content (AvgIpc) is 3.29. The Bertz CT molecular complexity index is 1290. The van der Waals surface area contributed by atoms with Gasteiger partial charge in [-0.15, -0.1) is 10.2 Å². The molecule has 0 saturated carbocycles. The number of hydrogen-bond donors (Lipinski definition) is 1. The van der Waals surface area contributed by atoms with Crippen LogP contribution in [0.4, 0.5) is 30.2 Å². The van der Waals surface area contributed by atoms with Gasteiger partial charge < -0.3 is 9.88 Å². The summed E-state index contributed by atoms with van der Waals surface area (Å²) < 4.78 is 40.9. The van der Waals surface area contributed by atoms with E-state index < -0.39 is 17.0 Å². The lowest BCUT2D eigenvalue weighted by atomic mass is 10.2. The molecule has 0 radical (unpaired) electrons. The molecule has 6 nitrogen and oxygen atoms in total. The van der Waals surface area contributed by atoms with Crippen molar-refractivity contribution < 1.29 is 18.0 Å². The van der Waals surface area contributed by atoms with Crippen molar-refractivity contribution >= 4 is 34.7 Å². The zero-order valence-corrected chi connectivity index (χ0v) is 21.1. The van der Waals surface area contributed by atoms with Gasteiger partial charge >= 0.3 is 6.18 Å². The van der Waals surface area contributed by atoms with Gasteiger partial charge in [-0.1, -0.05) is 54.2 Å². The van der Waals surface area contributed by atoms with Crippen LogP contribution in [0.25, 0.3) is 0 Å². The van der Waals surface area contributed by atoms with E-state index in [0.717, 1.165) is 23.5 Å². The van der Waals surface area contributed by atoms with Gasteiger partial charge in [-0.25, -0.2) is 0 Å². The Balaban J connectivity index is 1.50. The van der Waals surface area contributed by atoms with Crippen LogP contribution in [-0.4, -0.2) is 25.9 Å². The highest BCUT2D eigenvalue weighted by Crippen LogP contribution is 2.32. The highest BCUT2D eigenvalue weighted by molar-refractivity contribution is 8.00. The van der Waals surface area contributed by atoms with Crippen LogP contribution in [0.3, 0.4) is 0 Å². The molecule has 1 atom stereocenters. The SMILES string of the molecule is CCn1c(CNc2cccc(C(F)(F)F)c2)nnc1S[C@@H](C)C(=O)N(c1ccccc1)c1ccccc1. The average molecular weight is 526 g/mol. The molecule has 1 N–H and O–H groups in total. The third kappa shape index (κ3) is 6.32. The van der Waals surface area contributed by atoms with Crippen molar-refractivity contribution in [1.29, 1.82) is 0 Å². The number of rotatable bonds is 9. The Morgan fingerprint density at radius 3 is 2.16 bits per heavy atom. The molecule has 4 rings (SSSR count). The van der Waals surface area contributed by atoms with Gasteiger partial charge in [0.15, 0.2) is 11.0 Å². The van der Waals surface area contributed by atoms with Crippen molar-refractivity contribution in [2.24, 2.45) is 0 Å². The molecule has 1 amide bonds. The molecular weight excluding hydrogens is 499 g/mol. The van der Waals surface area contributed by atoms with Gasteiger partial charge in [-0.05, 0) is 56.3 Å². The number of carbonyl (C=O) groups is 1. The van der Waals surface area contributed by atoms with Crippen LogP contribution in [0.15, 0.2) is 90.1 Å². The lowest BCUT2D eigenvalue weighted by molar-refractivity contribution is -0.137. The lowest BCUT2D eigenvalue weighted by Crippen LogP contribution is -2.33. The molecule has 37 heavy (non-hydrogen) atoms. The largest absolute Gasteiger partial charge is 0.416 e. The van der Waals surface area contributed by atoms with Crippen LogP contribution >= 0.6 is 11.8 Å². The summed E-state index contributed by atoms with van der Waals surface area (Å²) in [6, 6.07) is 23.9. The number of halogens is 3. The van der Waals surface area contributed by atoms with Crippen LogP contribution in [-0.2, 0) is 24.1 Å². The van der Waals surface area contributed by atoms with Gasteiger partial charge in [0.1, 0.15) is 0 Å². The number of carbonyl (C=O) groups excluding carboxylic acids is 1. The van der Waals surface area contributed by atoms with Crippen molar-refractivity contribution in [1.82, 2.24) is 14.8 Å². The lowest BCUT2D eigenvalue weighted by Gasteiger charge is -2.25. The van der Waals surface area contributed by atoms with Crippen LogP contribution in [0, 0.1) is 0 Å². The minimum Gasteiger partial charge on any atom is -0.378 e. The smallest absolute Gasteiger partial charge is 0.378 e. The molecule has 0 aliphatic heterocycles. The van der Waals surface area contributed by atoms with Crippen LogP contribution in [0.2, 0.25) is 0 Å². The zero-order valence-electron chi connectivity index (χ0n) is 20.3. The van der Waals surface area contributed by atoms with Crippen molar-refractivity contribution in [3.8, 4) is 0 Å². The van der Waals surface area contributed by atoms with Gasteiger partial charge in [0.25, 0.3) is 0 Å². The molecule has 0 bridgehead atoms. The molecule has 192 valence electrons. The minimum atomic E-state index is -4.42. The van der Waals surface area contributed by atoms with Gasteiger partial charge in [0, 0.05) is 23.6 Å². The summed E-state index contributed by atoms with van der Waals surface area (Å²) in [4.78, 5) is 15.3. The molecule has 1 heterocycles. The molecular formula is C27H26F3N5OS. The summed E-state index contributed by atoms with van der Waals surface area (Å²) >= 11 is 1.29. The maximum Gasteiger partial charge on any atom is 0.416 e. The van der Waals surface area contributed by atoms with Crippen LogP contribution < -0.4 is 10.2 Å². The Kier molecular flexibility index (Phi) is 8.17. The van der Waals surface area contributed by atoms with Crippen LogP contribution in [0.5, 0.6) is 0 Å². The first-order valence-corrected chi connectivity index (χ1v) is 12.6. The van der Waals surface area contributed by atoms with E-state index in [4.69, 9.17) is 0 Å². The fraction of sp³-hybridized carbons (Fsp3) is 0.222. The zero-order chi connectivity index (χ0) is 26.4. The molecule has 0 aliphatic rings. The summed E-state index contributed by atoms with van der Waals surface area (Å²) in [6.07, 6.45) is -4.42. The van der Waals surface area contributed by atoms with E-state index in [1.54, 1.807) is 11.0 Å². The van der Waals surface area contributed by atoms with E-state index in [-0.39, 0.29) is 12.5 Å². The molecule has 0 aliphatic carbocycles. The Morgan fingerprint density at radius 1 is 0.973 bits per heavy atom. The van der Waals surface area contributed by atoms with Gasteiger partial charge in [-0.3, -0.25) is 9.69 Å². The Labute approximate surface area is 217 Å². The molecule has 1 aromatic heterocycles. The normalized spacial score (nSPS) is 12.2. The van der Waals surface area contributed by atoms with Crippen molar-refractivity contribution in [3.63, 3.8) is 0 Å². The molecule has 0 saturated heterocycles. The summed E-state index contributed by atoms with van der Waals surface area (Å²) in [5.74, 6) is 0.446. The Morgan fingerprint density at radius 2 is 1.59 bits per heavy atom. The number of amides is 1. The maximum atomic E-state index is 13.6. The molecule has 4 aromatic rings. The summed E-state index contributed by atoms with van der Waals surface area (Å²) in [7, 11) is 0. The monoisotopic (exact) mass is 525 g/mol. The first kappa shape index (κ1) is 26.3. The fourth-order valence-corrected chi connectivity index (χ4v) is 4.76. The van der Waals surface area contributed by atoms with E-state index in [1.807, 2.05) is 79.1 Å². The van der Waals surface area contributed by atoms with E-state index in [1.165, 1.54) is 17.8 Å². The number of alkyl halides is 3. The van der Waals surface area contributed by atoms with Crippen molar-refractivity contribution in [2.75, 3.05) is 10.2 Å². The number of nitrogens with zero attached hydrogens (tertiary/aromatic N) is 4. The number of nitrogens with one attached hydrogen (secondary N) is 1. The van der Waals surface area contributed by atoms with E-state index in [9.17, 15) is 18.0 Å². The predicted molar refractivity (Wildman–Crippen MR) is 140 cm³/mol. The standard InChI is InChI=1S/C27H26F3N5OS/c1-3-34-24(18-31-21-12-10-11-20(17-21)27(28,29)30)32-33-26(34)37-19(2)25(36)35(22-13-6-4-7-14-22)23-15-8-5-9-16-23/h4-17,19,31H,3,18H2,1-2H3/t19-/m0/s1. The molecule has 0 unspecified atom stereocenters. The number of hydrogen-bond acceptors (Lipinski definition) is 5. The van der Waals surface area contributed by atoms with E-state index >= 15 is 0 Å². The first-order chi connectivity index (χ1) is 17.8. The second kappa shape index (κ2) is 11.5. The fourth-order valence-electron chi connectivity index (χ4n) is 3.79. The molecule has 10 heteroatoms. The van der Waals surface area contributed by atoms with Gasteiger partial charge in [-0.2, -0.15) is 13.2 Å². The number of para-hydroxylation sites is 2. The summed E-state index contributed by atoms with van der Waals surface area (Å²) in [5, 5.41) is 11.6. The highest BCUT2D eigenvalue weighted by atomic mass is 32.2. The number of anilines is 3. The molecule has 0 fully saturated rings. The summed E-state index contributed by atoms with van der Waals surface area (Å²) in [6.45, 7) is 4.47. The van der Waals surface area contributed by atoms with E-state index in [2.05, 4.69) is 15.5 Å². The molecule has 0 spiro atoms. The quantitative estimate of drug-likeness (QED) is 0.244. The Hall–Kier alpha value is -3.79. The molecule has 3 aromatic carbocycles. The van der Waals surface area contributed by atoms with Crippen molar-refractivity contribution in [3.05, 3.63) is 96.3 Å². The van der Waals surface area contributed by atoms with E-state index in [0.29, 0.717) is 23.2 Å². The summed E-state index contributed by atoms with van der Waals surface area (Å²) in [5.41, 5.74) is 1.13. The van der Waals surface area contributed by atoms with Gasteiger partial charge in [0.05, 0.1) is 17.4 Å². The van der Waals surface area contributed by atoms with Crippen molar-refractivity contribution in [2.45, 2.75) is 43.5 Å². The number of thioether (sulfide) groups is 1. The number of aromatic nitrogens is 3. The second-order valence-corrected chi connectivity index (χ2v) is 9.49. The predicted octanol–water partition coefficient (Wildman–Crippen LogP) is 6.77. The third-order valence-corrected chi connectivity index (χ3v) is 6.70. The maximum absolute atomic E-state index is 13.6. The third-order valence-electron chi connectivity index (χ3n) is 5.63. The highest BCUT2D eigenvalue weighted by Gasteiger charge is 2.30.